The van der Waals surface area contributed by atoms with E-state index in [1.165, 1.54) is 16.9 Å². The number of unbranched alkanes of at least 4 members (excludes halogenated alkanes) is 1. The van der Waals surface area contributed by atoms with Crippen LogP contribution in [-0.2, 0) is 30.5 Å². The highest BCUT2D eigenvalue weighted by atomic mass is 32.1. The fraction of sp³-hybridized carbons (Fsp3) is 0.276. The van der Waals surface area contributed by atoms with E-state index in [9.17, 15) is 4.79 Å². The van der Waals surface area contributed by atoms with Crippen LogP contribution >= 0.6 is 20.6 Å². The number of carbonyl (C=O) groups excluding carboxylic acids is 1. The molecule has 0 aliphatic rings. The second kappa shape index (κ2) is 14.1. The maximum atomic E-state index is 12.5. The predicted molar refractivity (Wildman–Crippen MR) is 165 cm³/mol. The molecule has 4 rings (SSSR count). The minimum Gasteiger partial charge on any atom is -0.494 e. The van der Waals surface area contributed by atoms with E-state index in [2.05, 4.69) is 59.0 Å². The predicted octanol–water partition coefficient (Wildman–Crippen LogP) is 5.34. The highest BCUT2D eigenvalue weighted by molar-refractivity contribution is 7.21. The number of allylic oxidation sites excluding steroid dienone is 1. The van der Waals surface area contributed by atoms with Gasteiger partial charge in [-0.05, 0) is 61.6 Å². The zero-order chi connectivity index (χ0) is 28.4. The third-order valence-electron chi connectivity index (χ3n) is 5.67. The molecule has 8 nitrogen and oxygen atoms in total. The van der Waals surface area contributed by atoms with E-state index in [4.69, 9.17) is 12.6 Å². The van der Waals surface area contributed by atoms with Crippen LogP contribution in [0, 0.1) is 0 Å². The van der Waals surface area contributed by atoms with Gasteiger partial charge in [-0.1, -0.05) is 60.4 Å². The van der Waals surface area contributed by atoms with Gasteiger partial charge in [0.1, 0.15) is 18.6 Å². The van der Waals surface area contributed by atoms with E-state index < -0.39 is 5.24 Å². The summed E-state index contributed by atoms with van der Waals surface area (Å²) in [4.78, 5) is 12.5. The molecule has 40 heavy (non-hydrogen) atoms. The first kappa shape index (κ1) is 29.4. The van der Waals surface area contributed by atoms with Crippen molar-refractivity contribution in [1.29, 1.82) is 0 Å². The molecule has 4 aromatic rings. The molecule has 0 saturated carbocycles. The molecule has 204 valence electrons. The van der Waals surface area contributed by atoms with Crippen molar-refractivity contribution < 1.29 is 9.53 Å². The lowest BCUT2D eigenvalue weighted by atomic mass is 10.0. The first-order valence-electron chi connectivity index (χ1n) is 13.0. The molecule has 0 saturated heterocycles. The van der Waals surface area contributed by atoms with Gasteiger partial charge in [-0.3, -0.25) is 4.79 Å². The molecule has 0 aliphatic heterocycles. The van der Waals surface area contributed by atoms with Crippen molar-refractivity contribution in [3.8, 4) is 5.75 Å². The van der Waals surface area contributed by atoms with E-state index in [1.807, 2.05) is 42.5 Å². The Kier molecular flexibility index (Phi) is 10.4. The summed E-state index contributed by atoms with van der Waals surface area (Å²) in [6.45, 7) is 5.82. The maximum Gasteiger partial charge on any atom is 0.230 e. The number of carbonyl (C=O) groups is 1. The summed E-state index contributed by atoms with van der Waals surface area (Å²) in [5.74, 6) is 1.13. The van der Waals surface area contributed by atoms with Gasteiger partial charge in [0.05, 0.1) is 17.4 Å². The zero-order valence-corrected chi connectivity index (χ0v) is 24.4. The Morgan fingerprint density at radius 1 is 0.950 bits per heavy atom. The van der Waals surface area contributed by atoms with Crippen LogP contribution in [0.1, 0.15) is 41.6 Å². The number of hydrogen-bond acceptors (Lipinski definition) is 8. The molecule has 2 N–H and O–H groups in total. The standard InChI is InChI=1S/C29H32BN6O2PS/c1-20(17-21-9-4-3-5-10-21)31-25-16-15-23(33-34-25)12-6-7-14-27-35-36-28(40-27)32-26(37)19-22-11-8-13-24(18-22)38-29(2,30)39/h3-5,8-11,13,15-16,18H,1,6-7,12,14,17,19,39H2,2H3,(H,31,34)(H,32,36,37). The van der Waals surface area contributed by atoms with Gasteiger partial charge in [-0.2, -0.15) is 5.10 Å². The largest absolute Gasteiger partial charge is 0.494 e. The molecular formula is C29H32BN6O2PS. The molecule has 0 bridgehead atoms. The lowest BCUT2D eigenvalue weighted by Crippen LogP contribution is -2.24. The number of hydrogen-bond donors (Lipinski definition) is 2. The van der Waals surface area contributed by atoms with E-state index in [-0.39, 0.29) is 12.3 Å². The van der Waals surface area contributed by atoms with Crippen LogP contribution in [0.3, 0.4) is 0 Å². The van der Waals surface area contributed by atoms with Crippen LogP contribution in [0.4, 0.5) is 10.9 Å². The zero-order valence-electron chi connectivity index (χ0n) is 22.5. The Hall–Kier alpha value is -3.62. The fourth-order valence-electron chi connectivity index (χ4n) is 3.94. The van der Waals surface area contributed by atoms with E-state index in [1.54, 1.807) is 19.1 Å². The normalized spacial score (nSPS) is 12.3. The number of anilines is 2. The summed E-state index contributed by atoms with van der Waals surface area (Å²) in [6, 6.07) is 21.4. The second-order valence-electron chi connectivity index (χ2n) is 9.67. The number of amides is 1. The summed E-state index contributed by atoms with van der Waals surface area (Å²) in [5.41, 5.74) is 3.82. The first-order valence-corrected chi connectivity index (χ1v) is 14.4. The monoisotopic (exact) mass is 570 g/mol. The van der Waals surface area contributed by atoms with Crippen molar-refractivity contribution in [2.24, 2.45) is 0 Å². The molecule has 2 atom stereocenters. The summed E-state index contributed by atoms with van der Waals surface area (Å²) >= 11 is 1.39. The molecule has 0 fully saturated rings. The van der Waals surface area contributed by atoms with Crippen LogP contribution < -0.4 is 15.4 Å². The number of nitrogens with one attached hydrogen (secondary N) is 2. The Balaban J connectivity index is 1.15. The van der Waals surface area contributed by atoms with Crippen LogP contribution in [0.15, 0.2) is 79.0 Å². The van der Waals surface area contributed by atoms with Crippen molar-refractivity contribution >= 4 is 45.3 Å². The minimum atomic E-state index is -0.877. The number of aryl methyl sites for hydroxylation is 2. The Labute approximate surface area is 242 Å². The van der Waals surface area contributed by atoms with Gasteiger partial charge in [0.2, 0.25) is 11.0 Å². The summed E-state index contributed by atoms with van der Waals surface area (Å²) in [5, 5.41) is 23.5. The Morgan fingerprint density at radius 3 is 2.48 bits per heavy atom. The molecule has 0 aliphatic carbocycles. The number of nitrogens with zero attached hydrogens (tertiary/aromatic N) is 4. The second-order valence-corrected chi connectivity index (χ2v) is 11.9. The molecule has 2 aromatic heterocycles. The van der Waals surface area contributed by atoms with Crippen molar-refractivity contribution in [2.45, 2.75) is 50.7 Å². The lowest BCUT2D eigenvalue weighted by Gasteiger charge is -2.22. The molecule has 11 heteroatoms. The summed E-state index contributed by atoms with van der Waals surface area (Å²) < 4.78 is 5.63. The fourth-order valence-corrected chi connectivity index (χ4v) is 4.87. The van der Waals surface area contributed by atoms with Crippen molar-refractivity contribution in [3.05, 3.63) is 101 Å². The molecule has 2 aromatic carbocycles. The van der Waals surface area contributed by atoms with Gasteiger partial charge < -0.3 is 15.4 Å². The first-order chi connectivity index (χ1) is 19.2. The SMILES string of the molecule is [B]C(C)(P)Oc1cccc(CC(=O)Nc2nnc(CCCCc3ccc(NC(=C)Cc4ccccc4)nn3)s2)c1. The van der Waals surface area contributed by atoms with Gasteiger partial charge in [0, 0.05) is 18.5 Å². The highest BCUT2D eigenvalue weighted by Crippen LogP contribution is 2.23. The molecule has 2 unspecified atom stereocenters. The smallest absolute Gasteiger partial charge is 0.230 e. The minimum absolute atomic E-state index is 0.165. The third-order valence-corrected chi connectivity index (χ3v) is 6.69. The third kappa shape index (κ3) is 10.2. The topological polar surface area (TPSA) is 102 Å². The van der Waals surface area contributed by atoms with Gasteiger partial charge >= 0.3 is 0 Å². The summed E-state index contributed by atoms with van der Waals surface area (Å²) in [7, 11) is 8.30. The van der Waals surface area contributed by atoms with Crippen LogP contribution in [-0.4, -0.2) is 39.4 Å². The van der Waals surface area contributed by atoms with Crippen LogP contribution in [0.5, 0.6) is 5.75 Å². The van der Waals surface area contributed by atoms with Crippen molar-refractivity contribution in [1.82, 2.24) is 20.4 Å². The molecule has 1 amide bonds. The van der Waals surface area contributed by atoms with Crippen LogP contribution in [0.2, 0.25) is 0 Å². The lowest BCUT2D eigenvalue weighted by molar-refractivity contribution is -0.115. The average molecular weight is 570 g/mol. The van der Waals surface area contributed by atoms with E-state index in [0.29, 0.717) is 16.7 Å². The van der Waals surface area contributed by atoms with E-state index >= 15 is 0 Å². The highest BCUT2D eigenvalue weighted by Gasteiger charge is 2.13. The number of ether oxygens (including phenoxy) is 1. The van der Waals surface area contributed by atoms with Gasteiger partial charge in [-0.15, -0.1) is 24.5 Å². The average Bonchev–Trinajstić information content (AvgIpc) is 3.34. The Morgan fingerprint density at radius 2 is 1.73 bits per heavy atom. The summed E-state index contributed by atoms with van der Waals surface area (Å²) in [6.07, 6.45) is 4.41. The molecule has 0 spiro atoms. The molecule has 2 radical (unpaired) electrons. The maximum absolute atomic E-state index is 12.5. The van der Waals surface area contributed by atoms with Gasteiger partial charge in [0.15, 0.2) is 5.82 Å². The quantitative estimate of drug-likeness (QED) is 0.120. The van der Waals surface area contributed by atoms with Gasteiger partial charge in [-0.25, -0.2) is 0 Å². The van der Waals surface area contributed by atoms with Crippen molar-refractivity contribution in [2.75, 3.05) is 10.6 Å². The van der Waals surface area contributed by atoms with Gasteiger partial charge in [0.25, 0.3) is 0 Å². The Bertz CT molecular complexity index is 1410. The van der Waals surface area contributed by atoms with Crippen molar-refractivity contribution in [3.63, 3.8) is 0 Å². The number of rotatable bonds is 14. The van der Waals surface area contributed by atoms with E-state index in [0.717, 1.165) is 54.1 Å². The number of aromatic nitrogens is 4. The molecular weight excluding hydrogens is 538 g/mol. The van der Waals surface area contributed by atoms with Crippen LogP contribution in [0.25, 0.3) is 0 Å². The molecule has 2 heterocycles. The number of benzene rings is 2.